The molecular weight excluding hydrogens is 580 g/mol. The van der Waals surface area contributed by atoms with E-state index >= 15 is 0 Å². The van der Waals surface area contributed by atoms with E-state index in [4.69, 9.17) is 14.2 Å². The molecule has 1 aliphatic carbocycles. The second-order valence-electron chi connectivity index (χ2n) is 11.2. The van der Waals surface area contributed by atoms with Crippen molar-refractivity contribution >= 4 is 29.8 Å². The van der Waals surface area contributed by atoms with Crippen LogP contribution in [0, 0.1) is 0 Å². The van der Waals surface area contributed by atoms with Crippen molar-refractivity contribution in [3.05, 3.63) is 118 Å². The molecule has 0 aromatic heterocycles. The Balaban J connectivity index is 1.19. The quantitative estimate of drug-likeness (QED) is 0.118. The number of ether oxygens (including phenoxy) is 3. The lowest BCUT2D eigenvalue weighted by atomic mass is 9.98. The van der Waals surface area contributed by atoms with E-state index in [1.165, 1.54) is 12.7 Å². The van der Waals surface area contributed by atoms with Gasteiger partial charge in [-0.25, -0.2) is 4.79 Å². The molecule has 0 aliphatic heterocycles. The third-order valence-electron chi connectivity index (χ3n) is 7.85. The Bertz CT molecular complexity index is 1760. The lowest BCUT2D eigenvalue weighted by Crippen LogP contribution is -2.34. The SMILES string of the molecule is COc1cc(/C=C/c2cc(O)cc(OC)c2CC=C(C)C)ccc1NC(=O)CNC(=O)OCC1c2ccccc2-c2ccccc21. The first kappa shape index (κ1) is 31.9. The molecule has 0 fully saturated rings. The highest BCUT2D eigenvalue weighted by Crippen LogP contribution is 2.44. The predicted molar refractivity (Wildman–Crippen MR) is 181 cm³/mol. The second kappa shape index (κ2) is 14.5. The Hall–Kier alpha value is -5.50. The number of rotatable bonds is 11. The standard InChI is InChI=1S/C38H38N2O6/c1-24(2)13-17-28-26(20-27(41)21-35(28)44-3)16-14-25-15-18-34(36(19-25)45-4)40-37(42)22-39-38(43)46-23-33-31-11-7-5-9-29(31)30-10-6-8-12-32(30)33/h5-16,18-21,33,41H,17,22-23H2,1-4H3,(H,39,43)(H,40,42)/b16-14+. The third-order valence-corrected chi connectivity index (χ3v) is 7.85. The van der Waals surface area contributed by atoms with Gasteiger partial charge < -0.3 is 30.0 Å². The number of phenolic OH excluding ortho intramolecular Hbond substituents is 1. The highest BCUT2D eigenvalue weighted by molar-refractivity contribution is 5.95. The van der Waals surface area contributed by atoms with Gasteiger partial charge in [-0.05, 0) is 71.8 Å². The van der Waals surface area contributed by atoms with Gasteiger partial charge in [0, 0.05) is 17.5 Å². The van der Waals surface area contributed by atoms with Crippen molar-refractivity contribution in [3.63, 3.8) is 0 Å². The smallest absolute Gasteiger partial charge is 0.407 e. The molecule has 0 unspecified atom stereocenters. The summed E-state index contributed by atoms with van der Waals surface area (Å²) in [5, 5.41) is 15.6. The molecule has 46 heavy (non-hydrogen) atoms. The van der Waals surface area contributed by atoms with Gasteiger partial charge in [-0.2, -0.15) is 0 Å². The zero-order valence-electron chi connectivity index (χ0n) is 26.4. The number of anilines is 1. The van der Waals surface area contributed by atoms with Gasteiger partial charge in [0.2, 0.25) is 5.91 Å². The van der Waals surface area contributed by atoms with Crippen LogP contribution in [0.2, 0.25) is 0 Å². The number of alkyl carbamates (subject to hydrolysis) is 1. The average Bonchev–Trinajstić information content (AvgIpc) is 3.38. The minimum Gasteiger partial charge on any atom is -0.508 e. The molecule has 4 aromatic rings. The first-order valence-corrected chi connectivity index (χ1v) is 15.1. The molecule has 0 saturated carbocycles. The molecule has 5 rings (SSSR count). The zero-order chi connectivity index (χ0) is 32.6. The lowest BCUT2D eigenvalue weighted by molar-refractivity contribution is -0.115. The number of nitrogens with one attached hydrogen (secondary N) is 2. The molecule has 3 N–H and O–H groups in total. The van der Waals surface area contributed by atoms with Crippen molar-refractivity contribution in [1.82, 2.24) is 5.32 Å². The summed E-state index contributed by atoms with van der Waals surface area (Å²) in [4.78, 5) is 25.2. The molecule has 4 aromatic carbocycles. The summed E-state index contributed by atoms with van der Waals surface area (Å²) < 4.78 is 16.6. The number of amides is 2. The third kappa shape index (κ3) is 7.41. The number of fused-ring (bicyclic) bond motifs is 3. The van der Waals surface area contributed by atoms with Crippen LogP contribution in [-0.4, -0.2) is 44.5 Å². The van der Waals surface area contributed by atoms with E-state index in [2.05, 4.69) is 41.0 Å². The number of allylic oxidation sites excluding steroid dienone is 2. The van der Waals surface area contributed by atoms with Crippen LogP contribution in [0.4, 0.5) is 10.5 Å². The Morgan fingerprint density at radius 2 is 1.52 bits per heavy atom. The minimum absolute atomic E-state index is 0.0672. The van der Waals surface area contributed by atoms with Crippen LogP contribution in [0.3, 0.4) is 0 Å². The van der Waals surface area contributed by atoms with Crippen LogP contribution in [0.5, 0.6) is 17.2 Å². The van der Waals surface area contributed by atoms with E-state index in [1.54, 1.807) is 31.4 Å². The fourth-order valence-corrected chi connectivity index (χ4v) is 5.60. The highest BCUT2D eigenvalue weighted by atomic mass is 16.5. The number of methoxy groups -OCH3 is 2. The maximum absolute atomic E-state index is 12.7. The van der Waals surface area contributed by atoms with E-state index in [0.717, 1.165) is 38.9 Å². The summed E-state index contributed by atoms with van der Waals surface area (Å²) in [5.74, 6) is 0.683. The van der Waals surface area contributed by atoms with E-state index < -0.39 is 12.0 Å². The van der Waals surface area contributed by atoms with Gasteiger partial charge in [0.15, 0.2) is 0 Å². The Kier molecular flexibility index (Phi) is 10.1. The maximum Gasteiger partial charge on any atom is 0.407 e. The molecule has 0 spiro atoms. The number of carbonyl (C=O) groups excluding carboxylic acids is 2. The van der Waals surface area contributed by atoms with Crippen LogP contribution >= 0.6 is 0 Å². The van der Waals surface area contributed by atoms with Crippen LogP contribution in [0.15, 0.2) is 90.5 Å². The van der Waals surface area contributed by atoms with Gasteiger partial charge in [0.25, 0.3) is 0 Å². The summed E-state index contributed by atoms with van der Waals surface area (Å²) in [6.45, 7) is 3.96. The van der Waals surface area contributed by atoms with Gasteiger partial charge in [0.05, 0.1) is 19.9 Å². The van der Waals surface area contributed by atoms with Gasteiger partial charge in [-0.3, -0.25) is 4.79 Å². The summed E-state index contributed by atoms with van der Waals surface area (Å²) in [6.07, 6.45) is 5.89. The number of hydrogen-bond donors (Lipinski definition) is 3. The van der Waals surface area contributed by atoms with Crippen molar-refractivity contribution in [2.75, 3.05) is 32.7 Å². The Morgan fingerprint density at radius 3 is 2.17 bits per heavy atom. The van der Waals surface area contributed by atoms with Gasteiger partial charge in [0.1, 0.15) is 30.4 Å². The molecule has 1 aliphatic rings. The van der Waals surface area contributed by atoms with Crippen LogP contribution < -0.4 is 20.1 Å². The largest absolute Gasteiger partial charge is 0.508 e. The van der Waals surface area contributed by atoms with Crippen molar-refractivity contribution in [1.29, 1.82) is 0 Å². The van der Waals surface area contributed by atoms with Gasteiger partial charge >= 0.3 is 6.09 Å². The molecule has 236 valence electrons. The minimum atomic E-state index is -0.669. The van der Waals surface area contributed by atoms with Crippen LogP contribution in [-0.2, 0) is 16.0 Å². The number of phenols is 1. The van der Waals surface area contributed by atoms with Crippen LogP contribution in [0.25, 0.3) is 23.3 Å². The fourth-order valence-electron chi connectivity index (χ4n) is 5.60. The number of benzene rings is 4. The summed E-state index contributed by atoms with van der Waals surface area (Å²) in [6, 6.07) is 24.9. The summed E-state index contributed by atoms with van der Waals surface area (Å²) in [7, 11) is 3.10. The Labute approximate surface area is 269 Å². The predicted octanol–water partition coefficient (Wildman–Crippen LogP) is 7.57. The number of carbonyl (C=O) groups is 2. The molecule has 0 atom stereocenters. The van der Waals surface area contributed by atoms with Gasteiger partial charge in [-0.15, -0.1) is 0 Å². The van der Waals surface area contributed by atoms with E-state index in [1.807, 2.05) is 56.3 Å². The summed E-state index contributed by atoms with van der Waals surface area (Å²) in [5.41, 5.74) is 8.76. The van der Waals surface area contributed by atoms with Crippen molar-refractivity contribution < 1.29 is 28.9 Å². The molecule has 0 radical (unpaired) electrons. The first-order chi connectivity index (χ1) is 22.3. The van der Waals surface area contributed by atoms with Crippen molar-refractivity contribution in [3.8, 4) is 28.4 Å². The number of hydrogen-bond acceptors (Lipinski definition) is 6. The molecule has 0 saturated heterocycles. The van der Waals surface area contributed by atoms with E-state index in [9.17, 15) is 14.7 Å². The second-order valence-corrected chi connectivity index (χ2v) is 11.2. The molecule has 8 nitrogen and oxygen atoms in total. The molecule has 0 heterocycles. The molecule has 2 amide bonds. The summed E-state index contributed by atoms with van der Waals surface area (Å²) >= 11 is 0. The van der Waals surface area contributed by atoms with Crippen molar-refractivity contribution in [2.24, 2.45) is 0 Å². The topological polar surface area (TPSA) is 106 Å². The fraction of sp³-hybridized carbons (Fsp3) is 0.211. The maximum atomic E-state index is 12.7. The van der Waals surface area contributed by atoms with Crippen molar-refractivity contribution in [2.45, 2.75) is 26.2 Å². The molecule has 0 bridgehead atoms. The normalized spacial score (nSPS) is 11.8. The van der Waals surface area contributed by atoms with E-state index in [0.29, 0.717) is 23.6 Å². The molecule has 8 heteroatoms. The lowest BCUT2D eigenvalue weighted by Gasteiger charge is -2.15. The molecular formula is C38H38N2O6. The monoisotopic (exact) mass is 618 g/mol. The van der Waals surface area contributed by atoms with Crippen LogP contribution in [0.1, 0.15) is 47.6 Å². The van der Waals surface area contributed by atoms with E-state index in [-0.39, 0.29) is 24.8 Å². The van der Waals surface area contributed by atoms with Gasteiger partial charge in [-0.1, -0.05) is 78.4 Å². The Morgan fingerprint density at radius 1 is 0.848 bits per heavy atom. The number of aromatic hydroxyl groups is 1. The first-order valence-electron chi connectivity index (χ1n) is 15.1. The zero-order valence-corrected chi connectivity index (χ0v) is 26.4. The average molecular weight is 619 g/mol. The highest BCUT2D eigenvalue weighted by Gasteiger charge is 2.29.